The van der Waals surface area contributed by atoms with E-state index in [0.29, 0.717) is 18.3 Å². The molecule has 1 atom stereocenters. The molecule has 6 heteroatoms. The predicted molar refractivity (Wildman–Crippen MR) is 92.0 cm³/mol. The highest BCUT2D eigenvalue weighted by Gasteiger charge is 2.20. The summed E-state index contributed by atoms with van der Waals surface area (Å²) in [5, 5.41) is 3.56. The molecule has 2 aromatic rings. The number of thiazole rings is 1. The molecular formula is C17H21N3O2S. The van der Waals surface area contributed by atoms with Crippen molar-refractivity contribution in [2.24, 2.45) is 0 Å². The summed E-state index contributed by atoms with van der Waals surface area (Å²) >= 11 is 1.53. The first-order valence-corrected chi connectivity index (χ1v) is 8.68. The molecule has 3 rings (SSSR count). The van der Waals surface area contributed by atoms with E-state index in [4.69, 9.17) is 4.74 Å². The van der Waals surface area contributed by atoms with Crippen molar-refractivity contribution in [2.75, 3.05) is 25.0 Å². The summed E-state index contributed by atoms with van der Waals surface area (Å²) in [5.74, 6) is 0. The van der Waals surface area contributed by atoms with Crippen LogP contribution in [0.5, 0.6) is 0 Å². The maximum Gasteiger partial charge on any atom is 0.323 e. The number of rotatable bonds is 3. The molecule has 2 heterocycles. The summed E-state index contributed by atoms with van der Waals surface area (Å²) in [6.07, 6.45) is 3.62. The van der Waals surface area contributed by atoms with Gasteiger partial charge in [-0.2, -0.15) is 0 Å². The summed E-state index contributed by atoms with van der Waals surface area (Å²) in [7, 11) is 0. The smallest absolute Gasteiger partial charge is 0.323 e. The van der Waals surface area contributed by atoms with Crippen LogP contribution in [0.2, 0.25) is 0 Å². The number of hydrogen-bond acceptors (Lipinski definition) is 4. The standard InChI is InChI=1S/C17H21N3O2S/c1-13-12-20(8-5-9-22-13)17(21)19-16-18-11-15(23-16)10-14-6-3-2-4-7-14/h2-4,6-7,11,13H,5,8-10,12H2,1H3,(H,18,19,21)/t13-/m0/s1. The predicted octanol–water partition coefficient (Wildman–Crippen LogP) is 3.38. The van der Waals surface area contributed by atoms with Crippen LogP contribution in [0.3, 0.4) is 0 Å². The maximum absolute atomic E-state index is 12.4. The number of nitrogens with one attached hydrogen (secondary N) is 1. The number of benzene rings is 1. The van der Waals surface area contributed by atoms with Gasteiger partial charge in [0.1, 0.15) is 0 Å². The lowest BCUT2D eigenvalue weighted by Gasteiger charge is -2.21. The molecule has 0 spiro atoms. The molecule has 1 aromatic carbocycles. The quantitative estimate of drug-likeness (QED) is 0.938. The number of carbonyl (C=O) groups excluding carboxylic acids is 1. The molecule has 122 valence electrons. The minimum absolute atomic E-state index is 0.0770. The zero-order valence-electron chi connectivity index (χ0n) is 13.2. The van der Waals surface area contributed by atoms with Crippen LogP contribution < -0.4 is 5.32 Å². The average molecular weight is 331 g/mol. The lowest BCUT2D eigenvalue weighted by Crippen LogP contribution is -2.38. The highest BCUT2D eigenvalue weighted by atomic mass is 32.1. The topological polar surface area (TPSA) is 54.5 Å². The lowest BCUT2D eigenvalue weighted by atomic mass is 10.1. The number of nitrogens with zero attached hydrogens (tertiary/aromatic N) is 2. The maximum atomic E-state index is 12.4. The van der Waals surface area contributed by atoms with E-state index in [1.54, 1.807) is 4.90 Å². The molecule has 1 aliphatic rings. The Morgan fingerprint density at radius 1 is 1.43 bits per heavy atom. The van der Waals surface area contributed by atoms with Crippen LogP contribution >= 0.6 is 11.3 Å². The van der Waals surface area contributed by atoms with Crippen molar-refractivity contribution in [3.63, 3.8) is 0 Å². The number of carbonyl (C=O) groups is 1. The van der Waals surface area contributed by atoms with Crippen LogP contribution in [-0.2, 0) is 11.2 Å². The van der Waals surface area contributed by atoms with Crippen molar-refractivity contribution >= 4 is 22.5 Å². The van der Waals surface area contributed by atoms with Crippen LogP contribution in [0, 0.1) is 0 Å². The Kier molecular flexibility index (Phi) is 5.25. The Labute approximate surface area is 140 Å². The molecule has 1 N–H and O–H groups in total. The minimum Gasteiger partial charge on any atom is -0.377 e. The van der Waals surface area contributed by atoms with E-state index in [1.807, 2.05) is 31.3 Å². The van der Waals surface area contributed by atoms with Crippen molar-refractivity contribution in [2.45, 2.75) is 25.9 Å². The van der Waals surface area contributed by atoms with E-state index >= 15 is 0 Å². The number of urea groups is 1. The Hall–Kier alpha value is -1.92. The molecule has 0 unspecified atom stereocenters. The second-order valence-corrected chi connectivity index (χ2v) is 6.82. The van der Waals surface area contributed by atoms with Crippen molar-refractivity contribution in [3.8, 4) is 0 Å². The fraction of sp³-hybridized carbons (Fsp3) is 0.412. The number of hydrogen-bond donors (Lipinski definition) is 1. The molecule has 5 nitrogen and oxygen atoms in total. The molecule has 23 heavy (non-hydrogen) atoms. The normalized spacial score (nSPS) is 18.5. The van der Waals surface area contributed by atoms with Gasteiger partial charge >= 0.3 is 6.03 Å². The van der Waals surface area contributed by atoms with Crippen molar-refractivity contribution < 1.29 is 9.53 Å². The molecule has 0 saturated carbocycles. The van der Waals surface area contributed by atoms with Gasteiger partial charge in [0.05, 0.1) is 6.10 Å². The van der Waals surface area contributed by atoms with E-state index in [0.717, 1.165) is 24.3 Å². The van der Waals surface area contributed by atoms with Crippen molar-refractivity contribution in [1.29, 1.82) is 0 Å². The van der Waals surface area contributed by atoms with E-state index in [9.17, 15) is 4.79 Å². The number of amides is 2. The van der Waals surface area contributed by atoms with E-state index in [1.165, 1.54) is 16.9 Å². The second kappa shape index (κ2) is 7.57. The van der Waals surface area contributed by atoms with Crippen LogP contribution in [0.15, 0.2) is 36.5 Å². The van der Waals surface area contributed by atoms with E-state index in [2.05, 4.69) is 22.4 Å². The lowest BCUT2D eigenvalue weighted by molar-refractivity contribution is 0.0718. The fourth-order valence-electron chi connectivity index (χ4n) is 2.59. The van der Waals surface area contributed by atoms with Gasteiger partial charge in [0, 0.05) is 37.2 Å². The molecule has 0 radical (unpaired) electrons. The number of aromatic nitrogens is 1. The zero-order valence-corrected chi connectivity index (χ0v) is 14.0. The first-order valence-electron chi connectivity index (χ1n) is 7.87. The van der Waals surface area contributed by atoms with Gasteiger partial charge in [0.25, 0.3) is 0 Å². The third-order valence-corrected chi connectivity index (χ3v) is 4.64. The van der Waals surface area contributed by atoms with Crippen molar-refractivity contribution in [1.82, 2.24) is 9.88 Å². The van der Waals surface area contributed by atoms with Gasteiger partial charge in [0.15, 0.2) is 5.13 Å². The Morgan fingerprint density at radius 2 is 2.26 bits per heavy atom. The van der Waals surface area contributed by atoms with E-state index in [-0.39, 0.29) is 12.1 Å². The van der Waals surface area contributed by atoms with Crippen LogP contribution in [0.1, 0.15) is 23.8 Å². The molecule has 0 aliphatic carbocycles. The Balaban J connectivity index is 1.59. The van der Waals surface area contributed by atoms with Crippen molar-refractivity contribution in [3.05, 3.63) is 47.0 Å². The molecule has 1 saturated heterocycles. The van der Waals surface area contributed by atoms with Gasteiger partial charge in [-0.3, -0.25) is 5.32 Å². The molecule has 1 aliphatic heterocycles. The molecule has 0 bridgehead atoms. The average Bonchev–Trinajstić information content (AvgIpc) is 2.85. The largest absolute Gasteiger partial charge is 0.377 e. The first kappa shape index (κ1) is 16.0. The van der Waals surface area contributed by atoms with Crippen LogP contribution in [0.25, 0.3) is 0 Å². The second-order valence-electron chi connectivity index (χ2n) is 5.71. The summed E-state index contributed by atoms with van der Waals surface area (Å²) in [5.41, 5.74) is 1.24. The van der Waals surface area contributed by atoms with Gasteiger partial charge in [0.2, 0.25) is 0 Å². The van der Waals surface area contributed by atoms with Crippen LogP contribution in [0.4, 0.5) is 9.93 Å². The summed E-state index contributed by atoms with van der Waals surface area (Å²) in [6.45, 7) is 4.04. The molecular weight excluding hydrogens is 310 g/mol. The Bertz CT molecular complexity index is 644. The highest BCUT2D eigenvalue weighted by Crippen LogP contribution is 2.21. The third-order valence-electron chi connectivity index (χ3n) is 3.73. The monoisotopic (exact) mass is 331 g/mol. The van der Waals surface area contributed by atoms with Gasteiger partial charge < -0.3 is 9.64 Å². The summed E-state index contributed by atoms with van der Waals surface area (Å²) < 4.78 is 5.57. The Morgan fingerprint density at radius 3 is 3.09 bits per heavy atom. The van der Waals surface area contributed by atoms with Gasteiger partial charge in [-0.15, -0.1) is 11.3 Å². The number of ether oxygens (including phenoxy) is 1. The van der Waals surface area contributed by atoms with Gasteiger partial charge in [-0.05, 0) is 18.9 Å². The number of anilines is 1. The summed E-state index contributed by atoms with van der Waals surface area (Å²) in [4.78, 5) is 19.6. The summed E-state index contributed by atoms with van der Waals surface area (Å²) in [6, 6.07) is 10.2. The minimum atomic E-state index is -0.0945. The SMILES string of the molecule is C[C@H]1CN(C(=O)Nc2ncc(Cc3ccccc3)s2)CCCO1. The van der Waals surface area contributed by atoms with Gasteiger partial charge in [-0.1, -0.05) is 30.3 Å². The molecule has 2 amide bonds. The van der Waals surface area contributed by atoms with Crippen LogP contribution in [-0.4, -0.2) is 41.7 Å². The third kappa shape index (κ3) is 4.53. The first-order chi connectivity index (χ1) is 11.2. The molecule has 1 fully saturated rings. The zero-order chi connectivity index (χ0) is 16.1. The fourth-order valence-corrected chi connectivity index (χ4v) is 3.43. The van der Waals surface area contributed by atoms with Gasteiger partial charge in [-0.25, -0.2) is 9.78 Å². The highest BCUT2D eigenvalue weighted by molar-refractivity contribution is 7.15. The molecule has 1 aromatic heterocycles. The van der Waals surface area contributed by atoms with E-state index < -0.39 is 0 Å².